The number of nitrogens with one attached hydrogen (secondary N) is 2. The quantitative estimate of drug-likeness (QED) is 0.596. The van der Waals surface area contributed by atoms with Gasteiger partial charge in [-0.2, -0.15) is 0 Å². The van der Waals surface area contributed by atoms with Crippen molar-refractivity contribution in [1.29, 1.82) is 0 Å². The van der Waals surface area contributed by atoms with Crippen LogP contribution >= 0.6 is 0 Å². The number of aryl methyl sites for hydroxylation is 1. The van der Waals surface area contributed by atoms with Gasteiger partial charge < -0.3 is 25.0 Å². The second-order valence-electron chi connectivity index (χ2n) is 7.85. The van der Waals surface area contributed by atoms with Crippen molar-refractivity contribution in [2.75, 3.05) is 38.3 Å². The van der Waals surface area contributed by atoms with Crippen molar-refractivity contribution in [2.24, 2.45) is 0 Å². The van der Waals surface area contributed by atoms with Crippen molar-refractivity contribution in [3.05, 3.63) is 60.3 Å². The lowest BCUT2D eigenvalue weighted by atomic mass is 10.1. The fraction of sp³-hybridized carbons (Fsp3) is 0.292. The molecule has 0 fully saturated rings. The van der Waals surface area contributed by atoms with Crippen LogP contribution in [0.3, 0.4) is 0 Å². The lowest BCUT2D eigenvalue weighted by molar-refractivity contribution is -0.129. The number of urea groups is 1. The number of benzene rings is 2. The maximum Gasteiger partial charge on any atom is 0.322 e. The largest absolute Gasteiger partial charge is 0.347 e. The van der Waals surface area contributed by atoms with Gasteiger partial charge in [0.1, 0.15) is 13.1 Å². The zero-order valence-corrected chi connectivity index (χ0v) is 18.9. The van der Waals surface area contributed by atoms with Gasteiger partial charge in [-0.15, -0.1) is 0 Å². The van der Waals surface area contributed by atoms with Crippen LogP contribution in [0.1, 0.15) is 12.5 Å². The summed E-state index contributed by atoms with van der Waals surface area (Å²) in [7, 11) is 5.02. The van der Waals surface area contributed by atoms with E-state index >= 15 is 0 Å². The molecule has 1 aromatic heterocycles. The zero-order chi connectivity index (χ0) is 23.3. The van der Waals surface area contributed by atoms with Gasteiger partial charge in [0.05, 0.1) is 0 Å². The Labute approximate surface area is 187 Å². The van der Waals surface area contributed by atoms with Crippen LogP contribution in [0.5, 0.6) is 0 Å². The molecule has 0 bridgehead atoms. The van der Waals surface area contributed by atoms with E-state index in [4.69, 9.17) is 0 Å². The molecule has 1 heterocycles. The predicted molar refractivity (Wildman–Crippen MR) is 127 cm³/mol. The summed E-state index contributed by atoms with van der Waals surface area (Å²) in [6, 6.07) is 14.6. The number of rotatable bonds is 7. The molecule has 3 aromatic rings. The number of likely N-dealkylation sites (N-methyl/N-ethyl adjacent to an activating group) is 2. The van der Waals surface area contributed by atoms with Crippen molar-refractivity contribution in [3.8, 4) is 0 Å². The van der Waals surface area contributed by atoms with E-state index in [1.807, 2.05) is 60.2 Å². The lowest BCUT2D eigenvalue weighted by Crippen LogP contribution is -2.37. The Hall–Kier alpha value is -3.81. The first-order chi connectivity index (χ1) is 15.3. The molecule has 2 aromatic carbocycles. The summed E-state index contributed by atoms with van der Waals surface area (Å²) in [6.45, 7) is 2.20. The summed E-state index contributed by atoms with van der Waals surface area (Å²) >= 11 is 0. The van der Waals surface area contributed by atoms with E-state index in [0.29, 0.717) is 5.69 Å². The molecule has 0 atom stereocenters. The minimum absolute atomic E-state index is 0.00124. The number of hydrogen-bond donors (Lipinski definition) is 2. The van der Waals surface area contributed by atoms with E-state index in [0.717, 1.165) is 28.6 Å². The Morgan fingerprint density at radius 2 is 1.72 bits per heavy atom. The van der Waals surface area contributed by atoms with E-state index in [1.165, 1.54) is 4.90 Å². The van der Waals surface area contributed by atoms with Crippen LogP contribution in [0.4, 0.5) is 16.2 Å². The first kappa shape index (κ1) is 22.9. The fourth-order valence-electron chi connectivity index (χ4n) is 3.35. The third-order valence-corrected chi connectivity index (χ3v) is 5.23. The third-order valence-electron chi connectivity index (χ3n) is 5.23. The number of nitrogens with zero attached hydrogens (tertiary/aromatic N) is 3. The molecule has 2 N–H and O–H groups in total. The number of hydrogen-bond acceptors (Lipinski definition) is 3. The molecule has 8 heteroatoms. The Morgan fingerprint density at radius 3 is 2.44 bits per heavy atom. The van der Waals surface area contributed by atoms with Gasteiger partial charge in [0, 0.05) is 49.6 Å². The monoisotopic (exact) mass is 435 g/mol. The van der Waals surface area contributed by atoms with Crippen LogP contribution < -0.4 is 10.6 Å². The molecule has 168 valence electrons. The number of para-hydroxylation sites is 1. The first-order valence-corrected chi connectivity index (χ1v) is 10.5. The summed E-state index contributed by atoms with van der Waals surface area (Å²) in [4.78, 5) is 39.8. The SMILES string of the molecule is CCc1ccccc1NC(=O)CN(C)C(=O)Nc1ccc2c(ccn2CC(=O)N(C)C)c1. The molecule has 0 saturated carbocycles. The molecule has 8 nitrogen and oxygen atoms in total. The lowest BCUT2D eigenvalue weighted by Gasteiger charge is -2.18. The van der Waals surface area contributed by atoms with Crippen LogP contribution in [-0.2, 0) is 22.6 Å². The molecular formula is C24H29N5O3. The van der Waals surface area contributed by atoms with Gasteiger partial charge in [0.15, 0.2) is 0 Å². The first-order valence-electron chi connectivity index (χ1n) is 10.5. The number of carbonyl (C=O) groups is 3. The number of fused-ring (bicyclic) bond motifs is 1. The summed E-state index contributed by atoms with van der Waals surface area (Å²) in [5.41, 5.74) is 3.32. The van der Waals surface area contributed by atoms with Gasteiger partial charge in [0.25, 0.3) is 0 Å². The smallest absolute Gasteiger partial charge is 0.322 e. The molecule has 0 aliphatic rings. The molecule has 3 rings (SSSR count). The normalized spacial score (nSPS) is 10.6. The number of anilines is 2. The van der Waals surface area contributed by atoms with Crippen LogP contribution in [-0.4, -0.2) is 59.9 Å². The van der Waals surface area contributed by atoms with E-state index in [-0.39, 0.29) is 30.9 Å². The van der Waals surface area contributed by atoms with Crippen molar-refractivity contribution in [2.45, 2.75) is 19.9 Å². The second-order valence-corrected chi connectivity index (χ2v) is 7.85. The van der Waals surface area contributed by atoms with Crippen molar-refractivity contribution < 1.29 is 14.4 Å². The van der Waals surface area contributed by atoms with Crippen molar-refractivity contribution >= 4 is 40.1 Å². The van der Waals surface area contributed by atoms with Crippen molar-refractivity contribution in [1.82, 2.24) is 14.4 Å². The highest BCUT2D eigenvalue weighted by Crippen LogP contribution is 2.21. The van der Waals surface area contributed by atoms with Gasteiger partial charge in [-0.25, -0.2) is 4.79 Å². The van der Waals surface area contributed by atoms with Crippen molar-refractivity contribution in [3.63, 3.8) is 0 Å². The Bertz CT molecular complexity index is 1140. The average molecular weight is 436 g/mol. The Morgan fingerprint density at radius 1 is 0.969 bits per heavy atom. The molecule has 0 radical (unpaired) electrons. The van der Waals surface area contributed by atoms with Gasteiger partial charge >= 0.3 is 6.03 Å². The highest BCUT2D eigenvalue weighted by atomic mass is 16.2. The predicted octanol–water partition coefficient (Wildman–Crippen LogP) is 3.39. The van der Waals surface area contributed by atoms with Gasteiger partial charge in [-0.05, 0) is 42.3 Å². The molecule has 0 aliphatic heterocycles. The minimum Gasteiger partial charge on any atom is -0.347 e. The van der Waals surface area contributed by atoms with Crippen LogP contribution in [0.15, 0.2) is 54.7 Å². The number of carbonyl (C=O) groups excluding carboxylic acids is 3. The molecule has 32 heavy (non-hydrogen) atoms. The summed E-state index contributed by atoms with van der Waals surface area (Å²) in [5, 5.41) is 6.59. The van der Waals surface area contributed by atoms with Gasteiger partial charge in [-0.3, -0.25) is 9.59 Å². The highest BCUT2D eigenvalue weighted by molar-refractivity contribution is 5.98. The summed E-state index contributed by atoms with van der Waals surface area (Å²) < 4.78 is 1.87. The third kappa shape index (κ3) is 5.46. The minimum atomic E-state index is -0.384. The topological polar surface area (TPSA) is 86.7 Å². The van der Waals surface area contributed by atoms with E-state index < -0.39 is 0 Å². The molecule has 0 spiro atoms. The van der Waals surface area contributed by atoms with Crippen LogP contribution in [0, 0.1) is 0 Å². The molecule has 0 aliphatic carbocycles. The van der Waals surface area contributed by atoms with E-state index in [1.54, 1.807) is 32.1 Å². The number of aromatic nitrogens is 1. The maximum absolute atomic E-state index is 12.6. The van der Waals surface area contributed by atoms with E-state index in [9.17, 15) is 14.4 Å². The fourth-order valence-corrected chi connectivity index (χ4v) is 3.35. The standard InChI is InChI=1S/C24H29N5O3/c1-5-17-8-6-7-9-20(17)26-22(30)15-28(4)24(32)25-19-10-11-21-18(14-19)12-13-29(21)16-23(31)27(2)3/h6-14H,5,15-16H2,1-4H3,(H,25,32)(H,26,30). The summed E-state index contributed by atoms with van der Waals surface area (Å²) in [6.07, 6.45) is 2.66. The molecule has 4 amide bonds. The Kier molecular flexibility index (Phi) is 7.14. The molecular weight excluding hydrogens is 406 g/mol. The van der Waals surface area contributed by atoms with Gasteiger partial charge in [-0.1, -0.05) is 25.1 Å². The Balaban J connectivity index is 1.61. The van der Waals surface area contributed by atoms with Crippen LogP contribution in [0.2, 0.25) is 0 Å². The highest BCUT2D eigenvalue weighted by Gasteiger charge is 2.15. The molecule has 0 saturated heterocycles. The zero-order valence-electron chi connectivity index (χ0n) is 18.9. The van der Waals surface area contributed by atoms with Gasteiger partial charge in [0.2, 0.25) is 11.8 Å². The number of amides is 4. The molecule has 0 unspecified atom stereocenters. The summed E-state index contributed by atoms with van der Waals surface area (Å²) in [5.74, 6) is -0.261. The second kappa shape index (κ2) is 10.00. The van der Waals surface area contributed by atoms with Crippen LogP contribution in [0.25, 0.3) is 10.9 Å². The van der Waals surface area contributed by atoms with E-state index in [2.05, 4.69) is 10.6 Å². The average Bonchev–Trinajstić information content (AvgIpc) is 3.15. The maximum atomic E-state index is 12.6.